The van der Waals surface area contributed by atoms with Crippen molar-refractivity contribution in [1.29, 1.82) is 5.26 Å². The monoisotopic (exact) mass is 420 g/mol. The maximum Gasteiger partial charge on any atom is 0.276 e. The van der Waals surface area contributed by atoms with Gasteiger partial charge in [-0.1, -0.05) is 6.07 Å². The zero-order valence-corrected chi connectivity index (χ0v) is 17.9. The number of nitrogens with one attached hydrogen (secondary N) is 2. The van der Waals surface area contributed by atoms with Crippen LogP contribution >= 0.6 is 0 Å². The lowest BCUT2D eigenvalue weighted by molar-refractivity contribution is -0.130. The highest BCUT2D eigenvalue weighted by molar-refractivity contribution is 5.82. The predicted octanol–water partition coefficient (Wildman–Crippen LogP) is 1.99. The van der Waals surface area contributed by atoms with Crippen LogP contribution in [0.4, 0.5) is 0 Å². The zero-order chi connectivity index (χ0) is 22.5. The number of nitriles is 1. The number of aryl methyl sites for hydroxylation is 4. The topological polar surface area (TPSA) is 121 Å². The van der Waals surface area contributed by atoms with Crippen LogP contribution in [0.3, 0.4) is 0 Å². The van der Waals surface area contributed by atoms with Crippen LogP contribution in [0, 0.1) is 39.0 Å². The molecule has 3 aromatic rings. The number of fused-ring (bicyclic) bond motifs is 1. The normalized spacial score (nSPS) is 10.5. The third-order valence-corrected chi connectivity index (χ3v) is 5.12. The Morgan fingerprint density at radius 1 is 1.13 bits per heavy atom. The van der Waals surface area contributed by atoms with Crippen molar-refractivity contribution in [1.82, 2.24) is 25.4 Å². The molecular formula is C22H24N6O3. The molecule has 160 valence electrons. The number of nitrogens with zero attached hydrogens (tertiary/aromatic N) is 4. The van der Waals surface area contributed by atoms with E-state index >= 15 is 0 Å². The first-order chi connectivity index (χ1) is 14.8. The number of aromatic nitrogens is 3. The van der Waals surface area contributed by atoms with E-state index in [-0.39, 0.29) is 18.9 Å². The van der Waals surface area contributed by atoms with Crippen molar-refractivity contribution >= 4 is 17.5 Å². The lowest BCUT2D eigenvalue weighted by Gasteiger charge is -2.12. The number of carbonyl (C=O) groups excluding carboxylic acids is 2. The van der Waals surface area contributed by atoms with Gasteiger partial charge in [0.1, 0.15) is 17.4 Å². The van der Waals surface area contributed by atoms with E-state index in [2.05, 4.69) is 27.0 Å². The lowest BCUT2D eigenvalue weighted by atomic mass is 10.1. The van der Waals surface area contributed by atoms with Crippen LogP contribution in [0.2, 0.25) is 0 Å². The van der Waals surface area contributed by atoms with E-state index in [1.165, 1.54) is 6.20 Å². The van der Waals surface area contributed by atoms with E-state index in [4.69, 9.17) is 10.00 Å². The summed E-state index contributed by atoms with van der Waals surface area (Å²) in [5.74, 6) is -0.198. The van der Waals surface area contributed by atoms with E-state index in [1.807, 2.05) is 39.8 Å². The second-order valence-corrected chi connectivity index (χ2v) is 7.30. The van der Waals surface area contributed by atoms with Gasteiger partial charge < -0.3 is 4.74 Å². The molecule has 0 radical (unpaired) electrons. The minimum absolute atomic E-state index is 0.152. The molecule has 2 N–H and O–H groups in total. The molecular weight excluding hydrogens is 396 g/mol. The van der Waals surface area contributed by atoms with E-state index in [0.29, 0.717) is 23.4 Å². The highest BCUT2D eigenvalue weighted by Crippen LogP contribution is 2.18. The minimum Gasteiger partial charge on any atom is -0.484 e. The number of carbonyl (C=O) groups is 2. The van der Waals surface area contributed by atoms with Crippen molar-refractivity contribution in [3.8, 4) is 11.8 Å². The summed E-state index contributed by atoms with van der Waals surface area (Å²) in [6, 6.07) is 7.64. The van der Waals surface area contributed by atoms with Gasteiger partial charge in [0.05, 0.1) is 6.20 Å². The van der Waals surface area contributed by atoms with Gasteiger partial charge in [-0.2, -0.15) is 10.4 Å². The molecule has 0 atom stereocenters. The average Bonchev–Trinajstić information content (AvgIpc) is 3.15. The van der Waals surface area contributed by atoms with Gasteiger partial charge in [-0.15, -0.1) is 0 Å². The van der Waals surface area contributed by atoms with Gasteiger partial charge in [0.2, 0.25) is 5.91 Å². The minimum atomic E-state index is -0.456. The van der Waals surface area contributed by atoms with Crippen molar-refractivity contribution in [2.24, 2.45) is 0 Å². The van der Waals surface area contributed by atoms with Crippen LogP contribution in [-0.4, -0.2) is 33.0 Å². The van der Waals surface area contributed by atoms with E-state index in [9.17, 15) is 9.59 Å². The molecule has 9 nitrogen and oxygen atoms in total. The zero-order valence-electron chi connectivity index (χ0n) is 17.9. The smallest absolute Gasteiger partial charge is 0.276 e. The van der Waals surface area contributed by atoms with E-state index in [1.54, 1.807) is 10.6 Å². The molecule has 0 saturated heterocycles. The summed E-state index contributed by atoms with van der Waals surface area (Å²) in [4.78, 5) is 28.5. The third kappa shape index (κ3) is 4.98. The summed E-state index contributed by atoms with van der Waals surface area (Å²) < 4.78 is 7.05. The number of benzene rings is 1. The molecule has 2 aromatic heterocycles. The van der Waals surface area contributed by atoms with Gasteiger partial charge >= 0.3 is 0 Å². The number of hydrogen-bond acceptors (Lipinski definition) is 6. The Morgan fingerprint density at radius 3 is 2.58 bits per heavy atom. The summed E-state index contributed by atoms with van der Waals surface area (Å²) in [5.41, 5.74) is 10.3. The molecule has 2 heterocycles. The first-order valence-electron chi connectivity index (χ1n) is 9.81. The Morgan fingerprint density at radius 2 is 1.87 bits per heavy atom. The molecule has 3 rings (SSSR count). The summed E-state index contributed by atoms with van der Waals surface area (Å²) in [6.45, 7) is 7.46. The summed E-state index contributed by atoms with van der Waals surface area (Å²) in [6.07, 6.45) is 2.05. The number of rotatable bonds is 6. The Kier molecular flexibility index (Phi) is 6.50. The molecule has 2 amide bonds. The maximum absolute atomic E-state index is 12.2. The van der Waals surface area contributed by atoms with E-state index in [0.717, 1.165) is 28.1 Å². The first kappa shape index (κ1) is 21.8. The molecule has 0 spiro atoms. The van der Waals surface area contributed by atoms with Crippen molar-refractivity contribution < 1.29 is 14.3 Å². The molecule has 0 unspecified atom stereocenters. The van der Waals surface area contributed by atoms with Crippen LogP contribution in [0.25, 0.3) is 5.65 Å². The largest absolute Gasteiger partial charge is 0.484 e. The van der Waals surface area contributed by atoms with Crippen molar-refractivity contribution in [2.45, 2.75) is 40.5 Å². The molecule has 0 fully saturated rings. The summed E-state index contributed by atoms with van der Waals surface area (Å²) in [7, 11) is 0. The Hall–Kier alpha value is -3.93. The molecule has 1 aromatic carbocycles. The Bertz CT molecular complexity index is 1190. The van der Waals surface area contributed by atoms with Crippen molar-refractivity contribution in [3.05, 3.63) is 58.0 Å². The number of amides is 2. The molecule has 0 aliphatic carbocycles. The van der Waals surface area contributed by atoms with Crippen LogP contribution in [-0.2, 0) is 16.0 Å². The third-order valence-electron chi connectivity index (χ3n) is 5.12. The molecule has 9 heteroatoms. The molecule has 0 aliphatic heterocycles. The number of hydrazine groups is 1. The number of ether oxygens (including phenoxy) is 1. The number of hydrogen-bond donors (Lipinski definition) is 2. The molecule has 0 bridgehead atoms. The van der Waals surface area contributed by atoms with Crippen molar-refractivity contribution in [3.63, 3.8) is 0 Å². The fourth-order valence-corrected chi connectivity index (χ4v) is 3.18. The van der Waals surface area contributed by atoms with Gasteiger partial charge in [0.25, 0.3) is 5.91 Å². The predicted molar refractivity (Wildman–Crippen MR) is 113 cm³/mol. The van der Waals surface area contributed by atoms with Crippen LogP contribution in [0.1, 0.15) is 40.1 Å². The lowest BCUT2D eigenvalue weighted by Crippen LogP contribution is -2.43. The molecule has 0 aliphatic rings. The van der Waals surface area contributed by atoms with Gasteiger partial charge in [-0.05, 0) is 62.9 Å². The van der Waals surface area contributed by atoms with E-state index < -0.39 is 5.91 Å². The highest BCUT2D eigenvalue weighted by Gasteiger charge is 2.15. The Labute approximate surface area is 180 Å². The second-order valence-electron chi connectivity index (χ2n) is 7.30. The fraction of sp³-hybridized carbons (Fsp3) is 0.318. The second kappa shape index (κ2) is 9.26. The standard InChI is InChI=1S/C22H24N6O3/c1-13-5-6-18(9-14(13)2)31-12-21(30)27-26-20(29)8-7-19-15(3)25-22-17(10-23)11-24-28(22)16(19)4/h5-6,9,11H,7-8,12H2,1-4H3,(H,26,29)(H,27,30). The van der Waals surface area contributed by atoms with Gasteiger partial charge in [-0.25, -0.2) is 9.50 Å². The molecule has 0 saturated carbocycles. The SMILES string of the molecule is Cc1ccc(OCC(=O)NNC(=O)CCc2c(C)nc3c(C#N)cnn3c2C)cc1C. The van der Waals surface area contributed by atoms with Crippen molar-refractivity contribution in [2.75, 3.05) is 6.61 Å². The van der Waals surface area contributed by atoms with Gasteiger partial charge in [-0.3, -0.25) is 20.4 Å². The molecule has 31 heavy (non-hydrogen) atoms. The summed E-state index contributed by atoms with van der Waals surface area (Å²) >= 11 is 0. The van der Waals surface area contributed by atoms with Crippen LogP contribution < -0.4 is 15.6 Å². The Balaban J connectivity index is 1.50. The summed E-state index contributed by atoms with van der Waals surface area (Å²) in [5, 5.41) is 13.3. The van der Waals surface area contributed by atoms with Gasteiger partial charge in [0.15, 0.2) is 12.3 Å². The fourth-order valence-electron chi connectivity index (χ4n) is 3.18. The van der Waals surface area contributed by atoms with Crippen LogP contribution in [0.5, 0.6) is 5.75 Å². The maximum atomic E-state index is 12.2. The first-order valence-corrected chi connectivity index (χ1v) is 9.81. The quantitative estimate of drug-likeness (QED) is 0.588. The van der Waals surface area contributed by atoms with Gasteiger partial charge in [0, 0.05) is 17.8 Å². The van der Waals surface area contributed by atoms with Crippen LogP contribution in [0.15, 0.2) is 24.4 Å². The average molecular weight is 420 g/mol. The highest BCUT2D eigenvalue weighted by atomic mass is 16.5.